The van der Waals surface area contributed by atoms with Gasteiger partial charge in [0.25, 0.3) is 5.91 Å². The molecule has 0 bridgehead atoms. The third-order valence-corrected chi connectivity index (χ3v) is 3.69. The fraction of sp³-hybridized carbons (Fsp3) is 0.583. The summed E-state index contributed by atoms with van der Waals surface area (Å²) in [6.45, 7) is 2.84. The van der Waals surface area contributed by atoms with Crippen LogP contribution in [0.1, 0.15) is 29.4 Å². The maximum atomic E-state index is 12.2. The number of carbonyl (C=O) groups excluding carboxylic acids is 1. The molecular formula is C12H16BrN3O2. The summed E-state index contributed by atoms with van der Waals surface area (Å²) in [5, 5.41) is 1.92. The Morgan fingerprint density at radius 3 is 2.78 bits per heavy atom. The van der Waals surface area contributed by atoms with Crippen LogP contribution in [0.2, 0.25) is 0 Å². The average molecular weight is 314 g/mol. The second kappa shape index (κ2) is 5.03. The minimum Gasteiger partial charge on any atom is -0.379 e. The van der Waals surface area contributed by atoms with Crippen LogP contribution in [0.4, 0.5) is 0 Å². The fourth-order valence-electron chi connectivity index (χ4n) is 2.16. The number of morpholine rings is 1. The van der Waals surface area contributed by atoms with Gasteiger partial charge in [-0.15, -0.1) is 0 Å². The lowest BCUT2D eigenvalue weighted by Gasteiger charge is -2.27. The minimum atomic E-state index is -0.0329. The zero-order valence-electron chi connectivity index (χ0n) is 10.1. The predicted octanol–water partition coefficient (Wildman–Crippen LogP) is 1.56. The molecule has 98 valence electrons. The molecule has 0 atom stereocenters. The number of hydrazine groups is 1. The van der Waals surface area contributed by atoms with Crippen molar-refractivity contribution in [3.63, 3.8) is 0 Å². The number of hydrogen-bond donors (Lipinski definition) is 1. The zero-order valence-corrected chi connectivity index (χ0v) is 11.6. The van der Waals surface area contributed by atoms with E-state index in [4.69, 9.17) is 4.74 Å². The van der Waals surface area contributed by atoms with Crippen LogP contribution in [0.5, 0.6) is 0 Å². The standard InChI is InChI=1S/C12H16BrN3O2/c13-9-7-11(16(8-9)10-1-2-10)12(17)14-15-3-5-18-6-4-15/h7-8,10H,1-6H2,(H,14,17). The van der Waals surface area contributed by atoms with E-state index >= 15 is 0 Å². The van der Waals surface area contributed by atoms with E-state index in [-0.39, 0.29) is 5.91 Å². The monoisotopic (exact) mass is 313 g/mol. The van der Waals surface area contributed by atoms with Crippen molar-refractivity contribution < 1.29 is 9.53 Å². The highest BCUT2D eigenvalue weighted by Gasteiger charge is 2.28. The van der Waals surface area contributed by atoms with Gasteiger partial charge >= 0.3 is 0 Å². The lowest BCUT2D eigenvalue weighted by atomic mass is 10.4. The number of hydrogen-bond acceptors (Lipinski definition) is 3. The molecule has 5 nitrogen and oxygen atoms in total. The summed E-state index contributed by atoms with van der Waals surface area (Å²) in [5.74, 6) is -0.0329. The van der Waals surface area contributed by atoms with Gasteiger partial charge < -0.3 is 9.30 Å². The largest absolute Gasteiger partial charge is 0.379 e. The van der Waals surface area contributed by atoms with Crippen LogP contribution in [0.25, 0.3) is 0 Å². The highest BCUT2D eigenvalue weighted by Crippen LogP contribution is 2.37. The van der Waals surface area contributed by atoms with Gasteiger partial charge in [-0.3, -0.25) is 10.2 Å². The van der Waals surface area contributed by atoms with Crippen LogP contribution in [0, 0.1) is 0 Å². The molecule has 6 heteroatoms. The van der Waals surface area contributed by atoms with Crippen molar-refractivity contribution >= 4 is 21.8 Å². The van der Waals surface area contributed by atoms with Gasteiger partial charge in [-0.25, -0.2) is 5.01 Å². The number of nitrogens with zero attached hydrogens (tertiary/aromatic N) is 2. The van der Waals surface area contributed by atoms with E-state index in [1.165, 1.54) is 12.8 Å². The van der Waals surface area contributed by atoms with E-state index < -0.39 is 0 Å². The number of amides is 1. The molecule has 0 radical (unpaired) electrons. The smallest absolute Gasteiger partial charge is 0.282 e. The van der Waals surface area contributed by atoms with Crippen molar-refractivity contribution in [3.05, 3.63) is 22.4 Å². The SMILES string of the molecule is O=C(NN1CCOCC1)c1cc(Br)cn1C1CC1. The number of carbonyl (C=O) groups is 1. The summed E-state index contributed by atoms with van der Waals surface area (Å²) in [6.07, 6.45) is 4.32. The van der Waals surface area contributed by atoms with Gasteiger partial charge in [0.1, 0.15) is 5.69 Å². The Morgan fingerprint density at radius 1 is 1.39 bits per heavy atom. The molecule has 1 N–H and O–H groups in total. The van der Waals surface area contributed by atoms with E-state index in [1.54, 1.807) is 0 Å². The molecule has 0 spiro atoms. The Labute approximate surface area is 114 Å². The lowest BCUT2D eigenvalue weighted by molar-refractivity contribution is 0.0123. The molecular weight excluding hydrogens is 298 g/mol. The fourth-order valence-corrected chi connectivity index (χ4v) is 2.60. The van der Waals surface area contributed by atoms with E-state index in [2.05, 4.69) is 25.9 Å². The quantitative estimate of drug-likeness (QED) is 0.921. The first-order valence-electron chi connectivity index (χ1n) is 6.25. The Bertz CT molecular complexity index is 450. The molecule has 3 rings (SSSR count). The van der Waals surface area contributed by atoms with Crippen molar-refractivity contribution in [1.82, 2.24) is 15.0 Å². The summed E-state index contributed by atoms with van der Waals surface area (Å²) >= 11 is 3.44. The van der Waals surface area contributed by atoms with Crippen LogP contribution in [-0.2, 0) is 4.74 Å². The summed E-state index contributed by atoms with van der Waals surface area (Å²) < 4.78 is 8.29. The molecule has 1 aliphatic heterocycles. The molecule has 1 aromatic heterocycles. The topological polar surface area (TPSA) is 46.5 Å². The van der Waals surface area contributed by atoms with Gasteiger partial charge in [0, 0.05) is 29.8 Å². The Morgan fingerprint density at radius 2 is 2.11 bits per heavy atom. The molecule has 2 aliphatic rings. The highest BCUT2D eigenvalue weighted by atomic mass is 79.9. The van der Waals surface area contributed by atoms with Crippen molar-refractivity contribution in [2.75, 3.05) is 26.3 Å². The van der Waals surface area contributed by atoms with Crippen LogP contribution in [0.3, 0.4) is 0 Å². The first-order valence-corrected chi connectivity index (χ1v) is 7.04. The molecule has 2 fully saturated rings. The summed E-state index contributed by atoms with van der Waals surface area (Å²) in [5.41, 5.74) is 3.68. The van der Waals surface area contributed by atoms with E-state index in [9.17, 15) is 4.79 Å². The number of aromatic nitrogens is 1. The second-order valence-corrected chi connectivity index (χ2v) is 5.64. The third-order valence-electron chi connectivity index (χ3n) is 3.26. The first kappa shape index (κ1) is 12.2. The second-order valence-electron chi connectivity index (χ2n) is 4.72. The van der Waals surface area contributed by atoms with Gasteiger partial charge in [-0.2, -0.15) is 0 Å². The zero-order chi connectivity index (χ0) is 12.5. The first-order chi connectivity index (χ1) is 8.74. The number of nitrogens with one attached hydrogen (secondary N) is 1. The highest BCUT2D eigenvalue weighted by molar-refractivity contribution is 9.10. The molecule has 1 amide bonds. The summed E-state index contributed by atoms with van der Waals surface area (Å²) in [7, 11) is 0. The van der Waals surface area contributed by atoms with Gasteiger partial charge in [0.05, 0.1) is 13.2 Å². The van der Waals surface area contributed by atoms with Crippen molar-refractivity contribution in [2.45, 2.75) is 18.9 Å². The van der Waals surface area contributed by atoms with Crippen LogP contribution >= 0.6 is 15.9 Å². The molecule has 2 heterocycles. The average Bonchev–Trinajstić information content (AvgIpc) is 3.13. The predicted molar refractivity (Wildman–Crippen MR) is 70.3 cm³/mol. The van der Waals surface area contributed by atoms with E-state index in [0.717, 1.165) is 23.3 Å². The van der Waals surface area contributed by atoms with Gasteiger partial charge in [0.2, 0.25) is 0 Å². The number of ether oxygens (including phenoxy) is 1. The summed E-state index contributed by atoms with van der Waals surface area (Å²) in [6, 6.07) is 2.38. The van der Waals surface area contributed by atoms with Crippen LogP contribution in [0.15, 0.2) is 16.7 Å². The van der Waals surface area contributed by atoms with Gasteiger partial charge in [-0.05, 0) is 34.8 Å². The maximum Gasteiger partial charge on any atom is 0.282 e. The third kappa shape index (κ3) is 2.60. The van der Waals surface area contributed by atoms with Crippen LogP contribution < -0.4 is 5.43 Å². The Hall–Kier alpha value is -0.850. The lowest BCUT2D eigenvalue weighted by Crippen LogP contribution is -2.48. The Balaban J connectivity index is 1.71. The summed E-state index contributed by atoms with van der Waals surface area (Å²) in [4.78, 5) is 12.2. The molecule has 0 unspecified atom stereocenters. The van der Waals surface area contributed by atoms with Crippen LogP contribution in [-0.4, -0.2) is 41.8 Å². The van der Waals surface area contributed by atoms with Crippen molar-refractivity contribution in [1.29, 1.82) is 0 Å². The number of halogens is 1. The molecule has 18 heavy (non-hydrogen) atoms. The molecule has 1 aromatic rings. The molecule has 1 saturated heterocycles. The maximum absolute atomic E-state index is 12.2. The van der Waals surface area contributed by atoms with Crippen molar-refractivity contribution in [3.8, 4) is 0 Å². The molecule has 1 aliphatic carbocycles. The molecule has 0 aromatic carbocycles. The minimum absolute atomic E-state index is 0.0329. The van der Waals surface area contributed by atoms with Gasteiger partial charge in [0.15, 0.2) is 0 Å². The van der Waals surface area contributed by atoms with E-state index in [1.807, 2.05) is 17.3 Å². The number of rotatable bonds is 3. The Kier molecular flexibility index (Phi) is 3.41. The normalized spacial score (nSPS) is 20.9. The molecule has 1 saturated carbocycles. The van der Waals surface area contributed by atoms with Gasteiger partial charge in [-0.1, -0.05) is 0 Å². The van der Waals surface area contributed by atoms with E-state index in [0.29, 0.717) is 19.3 Å². The van der Waals surface area contributed by atoms with Crippen molar-refractivity contribution in [2.24, 2.45) is 0 Å².